The Morgan fingerprint density at radius 2 is 2.00 bits per heavy atom. The van der Waals surface area contributed by atoms with Crippen LogP contribution in [0, 0.1) is 20.8 Å². The van der Waals surface area contributed by atoms with Crippen molar-refractivity contribution >= 4 is 5.82 Å². The average molecular weight is 288 g/mol. The Morgan fingerprint density at radius 1 is 1.24 bits per heavy atom. The Balaban J connectivity index is 2.05. The second kappa shape index (κ2) is 6.67. The lowest BCUT2D eigenvalue weighted by Gasteiger charge is -2.16. The summed E-state index contributed by atoms with van der Waals surface area (Å²) in [6.07, 6.45) is 0.768. The molecule has 2 heterocycles. The quantitative estimate of drug-likeness (QED) is 0.843. The van der Waals surface area contributed by atoms with Gasteiger partial charge in [-0.15, -0.1) is 0 Å². The molecule has 0 spiro atoms. The van der Waals surface area contributed by atoms with Crippen LogP contribution in [-0.2, 0) is 13.0 Å². The van der Waals surface area contributed by atoms with Crippen LogP contribution in [0.2, 0.25) is 0 Å². The molecule has 0 bridgehead atoms. The van der Waals surface area contributed by atoms with Crippen molar-refractivity contribution in [3.05, 3.63) is 35.0 Å². The van der Waals surface area contributed by atoms with Crippen LogP contribution in [-0.4, -0.2) is 32.3 Å². The smallest absolute Gasteiger partial charge is 0.130 e. The van der Waals surface area contributed by atoms with E-state index in [0.717, 1.165) is 36.0 Å². The maximum atomic E-state index is 5.59. The number of nitrogens with zero attached hydrogens (tertiary/aromatic N) is 4. The summed E-state index contributed by atoms with van der Waals surface area (Å²) in [5.74, 6) is 1.61. The summed E-state index contributed by atoms with van der Waals surface area (Å²) in [4.78, 5) is 8.82. The summed E-state index contributed by atoms with van der Waals surface area (Å²) < 4.78 is 2.02. The minimum atomic E-state index is 0.225. The third kappa shape index (κ3) is 4.26. The first-order valence-electron chi connectivity index (χ1n) is 7.30. The highest BCUT2D eigenvalue weighted by atomic mass is 15.3. The average Bonchev–Trinajstić information content (AvgIpc) is 2.67. The molecule has 6 nitrogen and oxygen atoms in total. The lowest BCUT2D eigenvalue weighted by atomic mass is 10.2. The van der Waals surface area contributed by atoms with Gasteiger partial charge in [0.25, 0.3) is 0 Å². The minimum Gasteiger partial charge on any atom is -0.366 e. The fraction of sp³-hybridized carbons (Fsp3) is 0.533. The van der Waals surface area contributed by atoms with E-state index in [0.29, 0.717) is 6.54 Å². The van der Waals surface area contributed by atoms with Gasteiger partial charge in [0.05, 0.1) is 12.2 Å². The van der Waals surface area contributed by atoms with Gasteiger partial charge in [0.1, 0.15) is 11.6 Å². The molecule has 2 aromatic rings. The van der Waals surface area contributed by atoms with E-state index in [1.807, 2.05) is 24.6 Å². The summed E-state index contributed by atoms with van der Waals surface area (Å²) in [6, 6.07) is 4.28. The van der Waals surface area contributed by atoms with Crippen LogP contribution in [0.3, 0.4) is 0 Å². The summed E-state index contributed by atoms with van der Waals surface area (Å²) >= 11 is 0. The summed E-state index contributed by atoms with van der Waals surface area (Å²) in [5, 5.41) is 7.90. The van der Waals surface area contributed by atoms with E-state index < -0.39 is 0 Å². The van der Waals surface area contributed by atoms with Crippen LogP contribution in [0.1, 0.15) is 29.8 Å². The molecule has 0 aromatic carbocycles. The maximum Gasteiger partial charge on any atom is 0.130 e. The van der Waals surface area contributed by atoms with E-state index in [1.165, 1.54) is 5.69 Å². The van der Waals surface area contributed by atoms with Crippen LogP contribution in [0.4, 0.5) is 5.82 Å². The Hall–Kier alpha value is -1.95. The highest BCUT2D eigenvalue weighted by Crippen LogP contribution is 2.10. The topological polar surface area (TPSA) is 81.7 Å². The van der Waals surface area contributed by atoms with Gasteiger partial charge in [-0.1, -0.05) is 0 Å². The van der Waals surface area contributed by atoms with Crippen molar-refractivity contribution in [1.29, 1.82) is 0 Å². The molecule has 114 valence electrons. The first-order valence-corrected chi connectivity index (χ1v) is 7.30. The molecule has 0 unspecified atom stereocenters. The molecule has 21 heavy (non-hydrogen) atoms. The number of anilines is 1. The van der Waals surface area contributed by atoms with Crippen LogP contribution >= 0.6 is 0 Å². The van der Waals surface area contributed by atoms with Crippen LogP contribution in [0.5, 0.6) is 0 Å². The predicted octanol–water partition coefficient (Wildman–Crippen LogP) is 1.60. The number of aryl methyl sites for hydroxylation is 3. The van der Waals surface area contributed by atoms with Gasteiger partial charge in [-0.3, -0.25) is 4.68 Å². The number of hydrogen-bond donors (Lipinski definition) is 2. The fourth-order valence-corrected chi connectivity index (χ4v) is 2.40. The summed E-state index contributed by atoms with van der Waals surface area (Å²) in [7, 11) is 0. The van der Waals surface area contributed by atoms with Gasteiger partial charge in [-0.2, -0.15) is 5.10 Å². The van der Waals surface area contributed by atoms with Crippen molar-refractivity contribution in [3.8, 4) is 0 Å². The lowest BCUT2D eigenvalue weighted by Crippen LogP contribution is -2.24. The molecule has 0 amide bonds. The van der Waals surface area contributed by atoms with E-state index in [4.69, 9.17) is 5.73 Å². The summed E-state index contributed by atoms with van der Waals surface area (Å²) in [5.41, 5.74) is 8.78. The molecule has 2 rings (SSSR count). The molecule has 6 heteroatoms. The highest BCUT2D eigenvalue weighted by molar-refractivity contribution is 5.37. The second-order valence-electron chi connectivity index (χ2n) is 5.49. The van der Waals surface area contributed by atoms with Crippen molar-refractivity contribution in [3.63, 3.8) is 0 Å². The number of hydrogen-bond acceptors (Lipinski definition) is 5. The zero-order valence-electron chi connectivity index (χ0n) is 13.2. The largest absolute Gasteiger partial charge is 0.366 e. The second-order valence-corrected chi connectivity index (χ2v) is 5.49. The van der Waals surface area contributed by atoms with E-state index in [9.17, 15) is 0 Å². The van der Waals surface area contributed by atoms with Crippen molar-refractivity contribution in [2.75, 3.05) is 11.9 Å². The molecule has 0 aliphatic carbocycles. The molecule has 2 aromatic heterocycles. The van der Waals surface area contributed by atoms with Crippen LogP contribution < -0.4 is 11.1 Å². The van der Waals surface area contributed by atoms with Gasteiger partial charge in [-0.25, -0.2) is 9.97 Å². The number of rotatable bonds is 6. The fourth-order valence-electron chi connectivity index (χ4n) is 2.40. The molecule has 3 N–H and O–H groups in total. The first kappa shape index (κ1) is 15.4. The van der Waals surface area contributed by atoms with Gasteiger partial charge < -0.3 is 11.1 Å². The Bertz CT molecular complexity index is 604. The summed E-state index contributed by atoms with van der Waals surface area (Å²) in [6.45, 7) is 9.49. The first-order chi connectivity index (χ1) is 9.97. The number of nitrogens with one attached hydrogen (secondary N) is 1. The van der Waals surface area contributed by atoms with E-state index >= 15 is 0 Å². The standard InChI is InChI=1S/C15H24N6/c1-10-7-12(3)21(20-10)9-11(2)17-15-8-14(5-6-16)18-13(4)19-15/h7-8,11H,5-6,9,16H2,1-4H3,(H,17,18,19)/t11-/m1/s1. The van der Waals surface area contributed by atoms with E-state index in [2.05, 4.69) is 40.3 Å². The van der Waals surface area contributed by atoms with Crippen molar-refractivity contribution in [2.24, 2.45) is 5.73 Å². The monoisotopic (exact) mass is 288 g/mol. The predicted molar refractivity (Wildman–Crippen MR) is 84.3 cm³/mol. The molecule has 0 saturated carbocycles. The zero-order chi connectivity index (χ0) is 15.4. The van der Waals surface area contributed by atoms with Gasteiger partial charge in [0.15, 0.2) is 0 Å². The van der Waals surface area contributed by atoms with E-state index in [-0.39, 0.29) is 6.04 Å². The lowest BCUT2D eigenvalue weighted by molar-refractivity contribution is 0.544. The highest BCUT2D eigenvalue weighted by Gasteiger charge is 2.09. The van der Waals surface area contributed by atoms with Crippen molar-refractivity contribution in [1.82, 2.24) is 19.7 Å². The molecule has 0 aliphatic rings. The maximum absolute atomic E-state index is 5.59. The third-order valence-corrected chi connectivity index (χ3v) is 3.24. The SMILES string of the molecule is Cc1cc(C)n(C[C@@H](C)Nc2cc(CCN)nc(C)n2)n1. The molecule has 0 aliphatic heterocycles. The van der Waals surface area contributed by atoms with Crippen molar-refractivity contribution in [2.45, 2.75) is 46.7 Å². The molecular weight excluding hydrogens is 264 g/mol. The molecule has 0 saturated heterocycles. The van der Waals surface area contributed by atoms with Crippen molar-refractivity contribution < 1.29 is 0 Å². The Morgan fingerprint density at radius 3 is 2.62 bits per heavy atom. The Labute approximate surface area is 125 Å². The van der Waals surface area contributed by atoms with Gasteiger partial charge in [0.2, 0.25) is 0 Å². The number of nitrogens with two attached hydrogens (primary N) is 1. The molecule has 0 radical (unpaired) electrons. The zero-order valence-corrected chi connectivity index (χ0v) is 13.2. The van der Waals surface area contributed by atoms with Gasteiger partial charge in [-0.05, 0) is 40.3 Å². The third-order valence-electron chi connectivity index (χ3n) is 3.24. The van der Waals surface area contributed by atoms with Crippen LogP contribution in [0.25, 0.3) is 0 Å². The molecule has 0 fully saturated rings. The molecule has 1 atom stereocenters. The van der Waals surface area contributed by atoms with E-state index in [1.54, 1.807) is 0 Å². The van der Waals surface area contributed by atoms with Gasteiger partial charge in [0, 0.05) is 29.9 Å². The normalized spacial score (nSPS) is 12.4. The molecular formula is C15H24N6. The van der Waals surface area contributed by atoms with Gasteiger partial charge >= 0.3 is 0 Å². The number of aromatic nitrogens is 4. The minimum absolute atomic E-state index is 0.225. The Kier molecular flexibility index (Phi) is 4.90. The van der Waals surface area contributed by atoms with Crippen LogP contribution in [0.15, 0.2) is 12.1 Å².